The van der Waals surface area contributed by atoms with Crippen LogP contribution in [-0.2, 0) is 16.1 Å². The van der Waals surface area contributed by atoms with Gasteiger partial charge in [0, 0.05) is 11.6 Å². The summed E-state index contributed by atoms with van der Waals surface area (Å²) in [6, 6.07) is 14.4. The molecule has 0 atom stereocenters. The second-order valence-corrected chi connectivity index (χ2v) is 4.82. The fourth-order valence-electron chi connectivity index (χ4n) is 2.07. The lowest BCUT2D eigenvalue weighted by atomic mass is 10.1. The Labute approximate surface area is 140 Å². The molecule has 2 aromatic carbocycles. The van der Waals surface area contributed by atoms with Gasteiger partial charge in [-0.3, -0.25) is 0 Å². The topological polar surface area (TPSA) is 68.5 Å². The number of carbonyl (C=O) groups is 1. The normalized spacial score (nSPS) is 10.2. The highest BCUT2D eigenvalue weighted by Gasteiger charge is 2.05. The van der Waals surface area contributed by atoms with Gasteiger partial charge in [-0.15, -0.1) is 0 Å². The fraction of sp³-hybridized carbons (Fsp3) is 0.158. The van der Waals surface area contributed by atoms with Crippen LogP contribution in [0.15, 0.2) is 48.5 Å². The van der Waals surface area contributed by atoms with Crippen molar-refractivity contribution in [3.05, 3.63) is 65.2 Å². The third kappa shape index (κ3) is 4.37. The van der Waals surface area contributed by atoms with Gasteiger partial charge in [0.15, 0.2) is 11.5 Å². The van der Waals surface area contributed by atoms with Crippen molar-refractivity contribution in [1.29, 1.82) is 5.26 Å². The van der Waals surface area contributed by atoms with E-state index in [2.05, 4.69) is 6.07 Å². The monoisotopic (exact) mass is 323 g/mol. The van der Waals surface area contributed by atoms with E-state index in [1.165, 1.54) is 6.08 Å². The zero-order valence-electron chi connectivity index (χ0n) is 13.5. The maximum atomic E-state index is 11.8. The van der Waals surface area contributed by atoms with Gasteiger partial charge in [0.2, 0.25) is 0 Å². The van der Waals surface area contributed by atoms with Crippen molar-refractivity contribution < 1.29 is 19.0 Å². The van der Waals surface area contributed by atoms with Crippen molar-refractivity contribution in [1.82, 2.24) is 0 Å². The number of esters is 1. The van der Waals surface area contributed by atoms with Crippen LogP contribution in [0.5, 0.6) is 11.5 Å². The Morgan fingerprint density at radius 2 is 1.88 bits per heavy atom. The zero-order valence-corrected chi connectivity index (χ0v) is 13.5. The first-order valence-corrected chi connectivity index (χ1v) is 7.22. The van der Waals surface area contributed by atoms with Crippen LogP contribution in [-0.4, -0.2) is 20.2 Å². The van der Waals surface area contributed by atoms with Gasteiger partial charge in [-0.25, -0.2) is 4.79 Å². The minimum absolute atomic E-state index is 0.0544. The van der Waals surface area contributed by atoms with Gasteiger partial charge in [-0.2, -0.15) is 5.26 Å². The van der Waals surface area contributed by atoms with Gasteiger partial charge >= 0.3 is 5.97 Å². The molecular formula is C19H17NO4. The average Bonchev–Trinajstić information content (AvgIpc) is 2.64. The first-order chi connectivity index (χ1) is 11.7. The number of benzene rings is 2. The van der Waals surface area contributed by atoms with Crippen LogP contribution in [0.1, 0.15) is 16.7 Å². The van der Waals surface area contributed by atoms with Crippen molar-refractivity contribution in [2.75, 3.05) is 14.2 Å². The number of carbonyl (C=O) groups excluding carboxylic acids is 1. The highest BCUT2D eigenvalue weighted by molar-refractivity contribution is 5.87. The molecule has 122 valence electrons. The van der Waals surface area contributed by atoms with Gasteiger partial charge < -0.3 is 14.2 Å². The Morgan fingerprint density at radius 1 is 1.12 bits per heavy atom. The summed E-state index contributed by atoms with van der Waals surface area (Å²) in [5.41, 5.74) is 1.95. The Kier molecular flexibility index (Phi) is 5.98. The van der Waals surface area contributed by atoms with Crippen molar-refractivity contribution in [2.45, 2.75) is 6.61 Å². The number of hydrogen-bond acceptors (Lipinski definition) is 5. The summed E-state index contributed by atoms with van der Waals surface area (Å²) in [5.74, 6) is 0.707. The molecule has 0 N–H and O–H groups in total. The maximum absolute atomic E-state index is 11.8. The molecule has 24 heavy (non-hydrogen) atoms. The van der Waals surface area contributed by atoms with E-state index in [1.54, 1.807) is 62.8 Å². The summed E-state index contributed by atoms with van der Waals surface area (Å²) in [6.45, 7) is 0.0544. The van der Waals surface area contributed by atoms with E-state index in [4.69, 9.17) is 19.5 Å². The van der Waals surface area contributed by atoms with Gasteiger partial charge in [0.25, 0.3) is 0 Å². The third-order valence-electron chi connectivity index (χ3n) is 3.33. The summed E-state index contributed by atoms with van der Waals surface area (Å²) in [4.78, 5) is 11.8. The average molecular weight is 323 g/mol. The number of rotatable bonds is 6. The van der Waals surface area contributed by atoms with E-state index in [1.807, 2.05) is 0 Å². The molecule has 0 aliphatic rings. The Hall–Kier alpha value is -3.26. The predicted octanol–water partition coefficient (Wildman–Crippen LogP) is 3.33. The van der Waals surface area contributed by atoms with E-state index in [0.29, 0.717) is 22.6 Å². The largest absolute Gasteiger partial charge is 0.493 e. The SMILES string of the molecule is COc1ccc(C=CC(=O)OCc2ccccc2C#N)cc1OC. The lowest BCUT2D eigenvalue weighted by Gasteiger charge is -2.07. The van der Waals surface area contributed by atoms with Crippen LogP contribution >= 0.6 is 0 Å². The summed E-state index contributed by atoms with van der Waals surface area (Å²) in [6.07, 6.45) is 2.96. The molecule has 0 heterocycles. The minimum Gasteiger partial charge on any atom is -0.493 e. The highest BCUT2D eigenvalue weighted by atomic mass is 16.5. The van der Waals surface area contributed by atoms with Gasteiger partial charge in [0.1, 0.15) is 6.61 Å². The van der Waals surface area contributed by atoms with Crippen molar-refractivity contribution >= 4 is 12.0 Å². The number of methoxy groups -OCH3 is 2. The first-order valence-electron chi connectivity index (χ1n) is 7.22. The van der Waals surface area contributed by atoms with Crippen molar-refractivity contribution in [2.24, 2.45) is 0 Å². The van der Waals surface area contributed by atoms with Crippen LogP contribution in [0.4, 0.5) is 0 Å². The second-order valence-electron chi connectivity index (χ2n) is 4.82. The Morgan fingerprint density at radius 3 is 2.58 bits per heavy atom. The van der Waals surface area contributed by atoms with Crippen LogP contribution in [0, 0.1) is 11.3 Å². The van der Waals surface area contributed by atoms with Gasteiger partial charge in [-0.1, -0.05) is 24.3 Å². The molecule has 5 nitrogen and oxygen atoms in total. The lowest BCUT2D eigenvalue weighted by molar-refractivity contribution is -0.138. The van der Waals surface area contributed by atoms with Crippen molar-refractivity contribution in [3.63, 3.8) is 0 Å². The molecule has 0 spiro atoms. The molecule has 2 aromatic rings. The number of nitriles is 1. The quantitative estimate of drug-likeness (QED) is 0.602. The summed E-state index contributed by atoms with van der Waals surface area (Å²) < 4.78 is 15.5. The van der Waals surface area contributed by atoms with E-state index in [0.717, 1.165) is 5.56 Å². The molecular weight excluding hydrogens is 306 g/mol. The van der Waals surface area contributed by atoms with E-state index in [-0.39, 0.29) is 6.61 Å². The summed E-state index contributed by atoms with van der Waals surface area (Å²) in [5, 5.41) is 9.00. The number of ether oxygens (including phenoxy) is 3. The third-order valence-corrected chi connectivity index (χ3v) is 3.33. The number of hydrogen-bond donors (Lipinski definition) is 0. The van der Waals surface area contributed by atoms with Gasteiger partial charge in [-0.05, 0) is 29.8 Å². The van der Waals surface area contributed by atoms with E-state index in [9.17, 15) is 4.79 Å². The zero-order chi connectivity index (χ0) is 17.4. The van der Waals surface area contributed by atoms with Crippen LogP contribution in [0.25, 0.3) is 6.08 Å². The van der Waals surface area contributed by atoms with Gasteiger partial charge in [0.05, 0.1) is 25.9 Å². The lowest BCUT2D eigenvalue weighted by Crippen LogP contribution is -2.02. The standard InChI is InChI=1S/C19H17NO4/c1-22-17-9-7-14(11-18(17)23-2)8-10-19(21)24-13-16-6-4-3-5-15(16)12-20/h3-11H,13H2,1-2H3. The van der Waals surface area contributed by atoms with Crippen molar-refractivity contribution in [3.8, 4) is 17.6 Å². The van der Waals surface area contributed by atoms with Crippen LogP contribution in [0.3, 0.4) is 0 Å². The Balaban J connectivity index is 1.99. The molecule has 0 aliphatic carbocycles. The molecule has 5 heteroatoms. The molecule has 0 aromatic heterocycles. The molecule has 0 fully saturated rings. The molecule has 0 unspecified atom stereocenters. The molecule has 0 bridgehead atoms. The summed E-state index contributed by atoms with van der Waals surface area (Å²) in [7, 11) is 3.11. The minimum atomic E-state index is -0.488. The van der Waals surface area contributed by atoms with Crippen LogP contribution in [0.2, 0.25) is 0 Å². The fourth-order valence-corrected chi connectivity index (χ4v) is 2.07. The predicted molar refractivity (Wildman–Crippen MR) is 89.5 cm³/mol. The number of nitrogens with zero attached hydrogens (tertiary/aromatic N) is 1. The maximum Gasteiger partial charge on any atom is 0.331 e. The van der Waals surface area contributed by atoms with E-state index < -0.39 is 5.97 Å². The molecule has 0 aliphatic heterocycles. The van der Waals surface area contributed by atoms with Crippen LogP contribution < -0.4 is 9.47 Å². The first kappa shape index (κ1) is 17.1. The highest BCUT2D eigenvalue weighted by Crippen LogP contribution is 2.27. The molecule has 2 rings (SSSR count). The molecule has 0 radical (unpaired) electrons. The van der Waals surface area contributed by atoms with E-state index >= 15 is 0 Å². The molecule has 0 amide bonds. The molecule has 0 saturated carbocycles. The smallest absolute Gasteiger partial charge is 0.331 e. The summed E-state index contributed by atoms with van der Waals surface area (Å²) >= 11 is 0. The molecule has 0 saturated heterocycles. The Bertz CT molecular complexity index is 790. The second kappa shape index (κ2) is 8.39.